The molecule has 0 spiro atoms. The summed E-state index contributed by atoms with van der Waals surface area (Å²) in [6, 6.07) is 11.6. The maximum Gasteiger partial charge on any atom is 0.239 e. The first kappa shape index (κ1) is 13.6. The van der Waals surface area contributed by atoms with E-state index in [-0.39, 0.29) is 12.5 Å². The first-order chi connectivity index (χ1) is 10.2. The quantitative estimate of drug-likeness (QED) is 0.787. The normalized spacial score (nSPS) is 10.7. The van der Waals surface area contributed by atoms with Gasteiger partial charge in [-0.2, -0.15) is 0 Å². The van der Waals surface area contributed by atoms with Crippen molar-refractivity contribution < 1.29 is 9.21 Å². The Morgan fingerprint density at radius 2 is 2.19 bits per heavy atom. The molecule has 3 aromatic rings. The van der Waals surface area contributed by atoms with Crippen LogP contribution in [-0.2, 0) is 11.3 Å². The number of para-hydroxylation sites is 1. The Hall–Kier alpha value is -2.34. The number of benzene rings is 1. The second-order valence-corrected chi connectivity index (χ2v) is 5.69. The summed E-state index contributed by atoms with van der Waals surface area (Å²) in [6.07, 6.45) is 1.59. The van der Waals surface area contributed by atoms with Crippen LogP contribution in [0.3, 0.4) is 0 Å². The van der Waals surface area contributed by atoms with E-state index in [0.717, 1.165) is 21.1 Å². The third-order valence-electron chi connectivity index (χ3n) is 3.03. The number of fused-ring (bicyclic) bond motifs is 1. The zero-order valence-corrected chi connectivity index (χ0v) is 12.4. The number of aromatic nitrogens is 1. The van der Waals surface area contributed by atoms with Crippen LogP contribution in [0.1, 0.15) is 5.76 Å². The molecule has 6 heteroatoms. The maximum atomic E-state index is 11.9. The van der Waals surface area contributed by atoms with E-state index < -0.39 is 0 Å². The van der Waals surface area contributed by atoms with Crippen molar-refractivity contribution in [3.05, 3.63) is 48.4 Å². The van der Waals surface area contributed by atoms with Gasteiger partial charge in [0.25, 0.3) is 0 Å². The third kappa shape index (κ3) is 3.22. The minimum absolute atomic E-state index is 0.0619. The van der Waals surface area contributed by atoms with E-state index in [1.807, 2.05) is 42.3 Å². The van der Waals surface area contributed by atoms with Crippen molar-refractivity contribution in [1.29, 1.82) is 0 Å². The van der Waals surface area contributed by atoms with Crippen molar-refractivity contribution in [2.24, 2.45) is 0 Å². The topological polar surface area (TPSA) is 58.4 Å². The number of nitrogens with zero attached hydrogens (tertiary/aromatic N) is 2. The fraction of sp³-hybridized carbons (Fsp3) is 0.200. The smallest absolute Gasteiger partial charge is 0.239 e. The molecule has 1 N–H and O–H groups in total. The highest BCUT2D eigenvalue weighted by Gasteiger charge is 2.12. The highest BCUT2D eigenvalue weighted by Crippen LogP contribution is 2.27. The van der Waals surface area contributed by atoms with Gasteiger partial charge in [-0.3, -0.25) is 4.79 Å². The lowest BCUT2D eigenvalue weighted by Crippen LogP contribution is -2.34. The summed E-state index contributed by atoms with van der Waals surface area (Å²) < 4.78 is 6.30. The largest absolute Gasteiger partial charge is 0.467 e. The Kier molecular flexibility index (Phi) is 3.87. The predicted molar refractivity (Wildman–Crippen MR) is 83.4 cm³/mol. The standard InChI is InChI=1S/C15H15N3O2S/c1-18(10-14(19)16-9-11-5-4-8-20-11)15-17-12-6-2-3-7-13(12)21-15/h2-8H,9-10H2,1H3,(H,16,19). The monoisotopic (exact) mass is 301 g/mol. The molecule has 0 saturated heterocycles. The first-order valence-electron chi connectivity index (χ1n) is 6.58. The molecular weight excluding hydrogens is 286 g/mol. The number of thiazole rings is 1. The lowest BCUT2D eigenvalue weighted by Gasteiger charge is -2.14. The van der Waals surface area contributed by atoms with Crippen LogP contribution < -0.4 is 10.2 Å². The number of hydrogen-bond donors (Lipinski definition) is 1. The van der Waals surface area contributed by atoms with Crippen molar-refractivity contribution in [3.63, 3.8) is 0 Å². The van der Waals surface area contributed by atoms with Crippen LogP contribution in [-0.4, -0.2) is 24.5 Å². The Morgan fingerprint density at radius 1 is 1.33 bits per heavy atom. The van der Waals surface area contributed by atoms with Crippen LogP contribution in [0.15, 0.2) is 47.1 Å². The summed E-state index contributed by atoms with van der Waals surface area (Å²) in [5, 5.41) is 3.66. The van der Waals surface area contributed by atoms with Crippen molar-refractivity contribution >= 4 is 32.6 Å². The van der Waals surface area contributed by atoms with Gasteiger partial charge in [0.05, 0.1) is 29.6 Å². The number of hydrogen-bond acceptors (Lipinski definition) is 5. The maximum absolute atomic E-state index is 11.9. The molecule has 108 valence electrons. The van der Waals surface area contributed by atoms with Crippen molar-refractivity contribution in [2.45, 2.75) is 6.54 Å². The fourth-order valence-corrected chi connectivity index (χ4v) is 2.89. The van der Waals surface area contributed by atoms with E-state index >= 15 is 0 Å². The minimum Gasteiger partial charge on any atom is -0.467 e. The molecule has 0 saturated carbocycles. The van der Waals surface area contributed by atoms with Gasteiger partial charge in [0, 0.05) is 7.05 Å². The van der Waals surface area contributed by atoms with Gasteiger partial charge < -0.3 is 14.6 Å². The number of anilines is 1. The molecule has 0 fully saturated rings. The van der Waals surface area contributed by atoms with E-state index in [4.69, 9.17) is 4.42 Å². The molecule has 0 aliphatic rings. The number of likely N-dealkylation sites (N-methyl/N-ethyl adjacent to an activating group) is 1. The number of carbonyl (C=O) groups excluding carboxylic acids is 1. The number of carbonyl (C=O) groups is 1. The van der Waals surface area contributed by atoms with E-state index in [1.54, 1.807) is 23.7 Å². The minimum atomic E-state index is -0.0619. The molecule has 0 aliphatic carbocycles. The van der Waals surface area contributed by atoms with Crippen molar-refractivity contribution in [3.8, 4) is 0 Å². The molecule has 3 rings (SSSR count). The summed E-state index contributed by atoms with van der Waals surface area (Å²) in [4.78, 5) is 18.3. The molecule has 1 amide bonds. The van der Waals surface area contributed by atoms with Crippen LogP contribution in [0.25, 0.3) is 10.2 Å². The van der Waals surface area contributed by atoms with Gasteiger partial charge >= 0.3 is 0 Å². The third-order valence-corrected chi connectivity index (χ3v) is 4.18. The predicted octanol–water partition coefficient (Wildman–Crippen LogP) is 2.64. The van der Waals surface area contributed by atoms with Gasteiger partial charge in [-0.25, -0.2) is 4.98 Å². The van der Waals surface area contributed by atoms with Gasteiger partial charge in [0.15, 0.2) is 5.13 Å². The Balaban J connectivity index is 1.60. The van der Waals surface area contributed by atoms with Crippen LogP contribution in [0.5, 0.6) is 0 Å². The molecule has 0 aliphatic heterocycles. The van der Waals surface area contributed by atoms with E-state index in [0.29, 0.717) is 6.54 Å². The van der Waals surface area contributed by atoms with Gasteiger partial charge in [0.1, 0.15) is 5.76 Å². The van der Waals surface area contributed by atoms with E-state index in [1.165, 1.54) is 0 Å². The first-order valence-corrected chi connectivity index (χ1v) is 7.40. The summed E-state index contributed by atoms with van der Waals surface area (Å²) in [5.41, 5.74) is 0.959. The molecular formula is C15H15N3O2S. The molecule has 0 atom stereocenters. The van der Waals surface area contributed by atoms with Crippen molar-refractivity contribution in [1.82, 2.24) is 10.3 Å². The Morgan fingerprint density at radius 3 is 2.95 bits per heavy atom. The van der Waals surface area contributed by atoms with Gasteiger partial charge in [-0.15, -0.1) is 0 Å². The fourth-order valence-electron chi connectivity index (χ4n) is 1.96. The average molecular weight is 301 g/mol. The summed E-state index contributed by atoms with van der Waals surface area (Å²) in [6.45, 7) is 0.667. The second kappa shape index (κ2) is 5.97. The van der Waals surface area contributed by atoms with Crippen LogP contribution >= 0.6 is 11.3 Å². The lowest BCUT2D eigenvalue weighted by molar-refractivity contribution is -0.119. The highest BCUT2D eigenvalue weighted by molar-refractivity contribution is 7.22. The summed E-state index contributed by atoms with van der Waals surface area (Å²) in [7, 11) is 1.87. The number of rotatable bonds is 5. The molecule has 0 bridgehead atoms. The Labute approximate surface area is 126 Å². The van der Waals surface area contributed by atoms with Gasteiger partial charge in [0.2, 0.25) is 5.91 Å². The zero-order chi connectivity index (χ0) is 14.7. The zero-order valence-electron chi connectivity index (χ0n) is 11.6. The molecule has 0 radical (unpaired) electrons. The summed E-state index contributed by atoms with van der Waals surface area (Å²) >= 11 is 1.58. The van der Waals surface area contributed by atoms with Crippen molar-refractivity contribution in [2.75, 3.05) is 18.5 Å². The molecule has 1 aromatic carbocycles. The number of furan rings is 1. The van der Waals surface area contributed by atoms with Crippen LogP contribution in [0.4, 0.5) is 5.13 Å². The second-order valence-electron chi connectivity index (χ2n) is 4.68. The van der Waals surface area contributed by atoms with E-state index in [9.17, 15) is 4.79 Å². The van der Waals surface area contributed by atoms with Gasteiger partial charge in [-0.1, -0.05) is 23.5 Å². The van der Waals surface area contributed by atoms with E-state index in [2.05, 4.69) is 10.3 Å². The molecule has 2 aromatic heterocycles. The highest BCUT2D eigenvalue weighted by atomic mass is 32.1. The molecule has 5 nitrogen and oxygen atoms in total. The van der Waals surface area contributed by atoms with Crippen LogP contribution in [0, 0.1) is 0 Å². The number of amides is 1. The average Bonchev–Trinajstić information content (AvgIpc) is 3.14. The van der Waals surface area contributed by atoms with Gasteiger partial charge in [-0.05, 0) is 24.3 Å². The number of nitrogens with one attached hydrogen (secondary N) is 1. The lowest BCUT2D eigenvalue weighted by atomic mass is 10.3. The summed E-state index contributed by atoms with van der Waals surface area (Å²) in [5.74, 6) is 0.680. The molecule has 0 unspecified atom stereocenters. The molecule has 21 heavy (non-hydrogen) atoms. The SMILES string of the molecule is CN(CC(=O)NCc1ccco1)c1nc2ccccc2s1. The molecule has 2 heterocycles. The van der Waals surface area contributed by atoms with Crippen LogP contribution in [0.2, 0.25) is 0 Å². The Bertz CT molecular complexity index is 703.